The second-order valence-corrected chi connectivity index (χ2v) is 8.21. The Morgan fingerprint density at radius 3 is 1.97 bits per heavy atom. The maximum Gasteiger partial charge on any atom is 0.407 e. The van der Waals surface area contributed by atoms with Crippen molar-refractivity contribution in [2.24, 2.45) is 0 Å². The van der Waals surface area contributed by atoms with Crippen LogP contribution in [0.15, 0.2) is 60.7 Å². The molecule has 0 aromatic heterocycles. The van der Waals surface area contributed by atoms with Crippen LogP contribution in [-0.2, 0) is 22.4 Å². The van der Waals surface area contributed by atoms with Gasteiger partial charge in [-0.25, -0.2) is 4.79 Å². The molecule has 1 aliphatic rings. The van der Waals surface area contributed by atoms with Crippen molar-refractivity contribution in [3.05, 3.63) is 71.8 Å². The predicted molar refractivity (Wildman–Crippen MR) is 119 cm³/mol. The number of hydrogen-bond acceptors (Lipinski definition) is 4. The first kappa shape index (κ1) is 22.3. The van der Waals surface area contributed by atoms with E-state index >= 15 is 0 Å². The average molecular weight is 429 g/mol. The molecule has 2 aromatic rings. The molecule has 1 aliphatic carbocycles. The van der Waals surface area contributed by atoms with Gasteiger partial charge in [-0.05, 0) is 61.3 Å². The zero-order valence-corrected chi connectivity index (χ0v) is 17.8. The molecule has 0 saturated heterocycles. The molecular weight excluding hydrogens is 400 g/mol. The fraction of sp³-hybridized carbons (Fsp3) is 0.417. The minimum absolute atomic E-state index is 0.00710. The van der Waals surface area contributed by atoms with Crippen LogP contribution in [0, 0.1) is 0 Å². The fourth-order valence-electron chi connectivity index (χ4n) is 3.94. The molecule has 0 bridgehead atoms. The van der Waals surface area contributed by atoms with Crippen LogP contribution in [-0.4, -0.2) is 36.1 Å². The number of nitrogens with one attached hydrogen (secondary N) is 2. The molecule has 0 radical (unpaired) electrons. The van der Waals surface area contributed by atoms with E-state index < -0.39 is 11.3 Å². The van der Waals surface area contributed by atoms with Crippen molar-refractivity contribution in [1.82, 2.24) is 10.6 Å². The first-order valence-corrected chi connectivity index (χ1v) is 10.9. The Bertz CT molecular complexity index is 795. The van der Waals surface area contributed by atoms with Crippen LogP contribution < -0.4 is 10.6 Å². The van der Waals surface area contributed by atoms with Gasteiger partial charge in [0, 0.05) is 6.04 Å². The molecule has 5 nitrogen and oxygen atoms in total. The maximum atomic E-state index is 12.6. The molecular formula is C24H29ClN2O3. The first-order chi connectivity index (χ1) is 14.6. The Hall–Kier alpha value is -2.37. The summed E-state index contributed by atoms with van der Waals surface area (Å²) in [6.45, 7) is 0.0314. The second-order valence-electron chi connectivity index (χ2n) is 7.78. The van der Waals surface area contributed by atoms with Crippen molar-refractivity contribution in [2.75, 3.05) is 6.54 Å². The highest BCUT2D eigenvalue weighted by Crippen LogP contribution is 2.21. The lowest BCUT2D eigenvalue weighted by molar-refractivity contribution is -0.111. The number of alkyl carbamates (subject to hydrolysis) is 1. The Balaban J connectivity index is 1.76. The van der Waals surface area contributed by atoms with Gasteiger partial charge in [0.2, 0.25) is 5.24 Å². The molecule has 3 rings (SSSR count). The highest BCUT2D eigenvalue weighted by molar-refractivity contribution is 6.64. The average Bonchev–Trinajstić information content (AvgIpc) is 3.25. The normalized spacial score (nSPS) is 16.0. The Kier molecular flexibility index (Phi) is 8.72. The number of carbonyl (C=O) groups excluding carboxylic acids is 2. The Morgan fingerprint density at radius 2 is 1.43 bits per heavy atom. The van der Waals surface area contributed by atoms with E-state index in [2.05, 4.69) is 10.6 Å². The summed E-state index contributed by atoms with van der Waals surface area (Å²) < 4.78 is 5.63. The largest absolute Gasteiger partial charge is 0.446 e. The summed E-state index contributed by atoms with van der Waals surface area (Å²) in [5.41, 5.74) is 2.21. The molecule has 0 spiro atoms. The second kappa shape index (κ2) is 11.7. The van der Waals surface area contributed by atoms with E-state index in [0.717, 1.165) is 36.8 Å². The highest BCUT2D eigenvalue weighted by Gasteiger charge is 2.27. The fourth-order valence-corrected chi connectivity index (χ4v) is 4.02. The maximum absolute atomic E-state index is 12.6. The third-order valence-corrected chi connectivity index (χ3v) is 5.60. The lowest BCUT2D eigenvalue weighted by Crippen LogP contribution is -2.53. The lowest BCUT2D eigenvalue weighted by atomic mass is 9.94. The van der Waals surface area contributed by atoms with Crippen molar-refractivity contribution in [1.29, 1.82) is 0 Å². The van der Waals surface area contributed by atoms with Crippen molar-refractivity contribution in [2.45, 2.75) is 56.7 Å². The number of halogens is 1. The first-order valence-electron chi connectivity index (χ1n) is 10.6. The molecule has 160 valence electrons. The number of ether oxygens (including phenoxy) is 1. The van der Waals surface area contributed by atoms with Gasteiger partial charge in [0.25, 0.3) is 0 Å². The molecule has 1 amide bonds. The van der Waals surface area contributed by atoms with E-state index in [4.69, 9.17) is 16.3 Å². The third kappa shape index (κ3) is 7.47. The van der Waals surface area contributed by atoms with Crippen LogP contribution in [0.1, 0.15) is 36.8 Å². The molecule has 2 atom stereocenters. The van der Waals surface area contributed by atoms with Gasteiger partial charge < -0.3 is 15.4 Å². The number of carbonyl (C=O) groups is 2. The van der Waals surface area contributed by atoms with Crippen molar-refractivity contribution < 1.29 is 14.3 Å². The summed E-state index contributed by atoms with van der Waals surface area (Å²) in [6, 6.07) is 19.5. The standard InChI is InChI=1S/C24H29ClN2O3/c25-23(28)17-26-21(15-18-9-3-1-4-10-18)22(16-19-11-5-2-6-12-19)27-24(29)30-20-13-7-8-14-20/h1-6,9-12,20-22,26H,7-8,13-17H2,(H,27,29)/t21-,22-/m0/s1. The van der Waals surface area contributed by atoms with E-state index in [1.165, 1.54) is 0 Å². The molecule has 6 heteroatoms. The summed E-state index contributed by atoms with van der Waals surface area (Å²) in [4.78, 5) is 24.1. The summed E-state index contributed by atoms with van der Waals surface area (Å²) in [7, 11) is 0. The topological polar surface area (TPSA) is 67.4 Å². The van der Waals surface area contributed by atoms with Gasteiger partial charge in [-0.2, -0.15) is 0 Å². The zero-order chi connectivity index (χ0) is 21.2. The van der Waals surface area contributed by atoms with Crippen LogP contribution in [0.25, 0.3) is 0 Å². The van der Waals surface area contributed by atoms with Crippen molar-refractivity contribution >= 4 is 22.9 Å². The summed E-state index contributed by atoms with van der Waals surface area (Å²) in [5.74, 6) is 0. The van der Waals surface area contributed by atoms with Crippen LogP contribution in [0.3, 0.4) is 0 Å². The minimum Gasteiger partial charge on any atom is -0.446 e. The van der Waals surface area contributed by atoms with E-state index in [9.17, 15) is 9.59 Å². The van der Waals surface area contributed by atoms with Crippen molar-refractivity contribution in [3.8, 4) is 0 Å². The molecule has 2 N–H and O–H groups in total. The van der Waals surface area contributed by atoms with Gasteiger partial charge in [0.05, 0.1) is 12.6 Å². The quantitative estimate of drug-likeness (QED) is 0.555. The Morgan fingerprint density at radius 1 is 0.900 bits per heavy atom. The molecule has 2 aromatic carbocycles. The summed E-state index contributed by atoms with van der Waals surface area (Å²) in [5, 5.41) is 5.84. The van der Waals surface area contributed by atoms with E-state index in [-0.39, 0.29) is 24.7 Å². The van der Waals surface area contributed by atoms with Gasteiger partial charge in [0.15, 0.2) is 0 Å². The zero-order valence-electron chi connectivity index (χ0n) is 17.1. The van der Waals surface area contributed by atoms with Gasteiger partial charge in [0.1, 0.15) is 6.10 Å². The molecule has 0 aliphatic heterocycles. The van der Waals surface area contributed by atoms with E-state index in [1.807, 2.05) is 60.7 Å². The summed E-state index contributed by atoms with van der Waals surface area (Å²) >= 11 is 5.60. The van der Waals surface area contributed by atoms with Crippen LogP contribution in [0.4, 0.5) is 4.79 Å². The Labute approximate surface area is 183 Å². The number of amides is 1. The van der Waals surface area contributed by atoms with Gasteiger partial charge >= 0.3 is 6.09 Å². The molecule has 1 fully saturated rings. The van der Waals surface area contributed by atoms with Gasteiger partial charge in [-0.1, -0.05) is 60.7 Å². The molecule has 1 saturated carbocycles. The van der Waals surface area contributed by atoms with Gasteiger partial charge in [-0.3, -0.25) is 4.79 Å². The third-order valence-electron chi connectivity index (χ3n) is 5.46. The van der Waals surface area contributed by atoms with Crippen LogP contribution in [0.5, 0.6) is 0 Å². The van der Waals surface area contributed by atoms with E-state index in [0.29, 0.717) is 12.8 Å². The number of benzene rings is 2. The lowest BCUT2D eigenvalue weighted by Gasteiger charge is -2.29. The molecule has 0 heterocycles. The number of hydrogen-bond donors (Lipinski definition) is 2. The molecule has 0 unspecified atom stereocenters. The van der Waals surface area contributed by atoms with Crippen LogP contribution in [0.2, 0.25) is 0 Å². The highest BCUT2D eigenvalue weighted by atomic mass is 35.5. The molecule has 30 heavy (non-hydrogen) atoms. The van der Waals surface area contributed by atoms with Crippen molar-refractivity contribution in [3.63, 3.8) is 0 Å². The van der Waals surface area contributed by atoms with E-state index in [1.54, 1.807) is 0 Å². The smallest absolute Gasteiger partial charge is 0.407 e. The monoisotopic (exact) mass is 428 g/mol. The minimum atomic E-state index is -0.458. The number of rotatable bonds is 10. The van der Waals surface area contributed by atoms with Gasteiger partial charge in [-0.15, -0.1) is 0 Å². The summed E-state index contributed by atoms with van der Waals surface area (Å²) in [6.07, 6.45) is 4.88. The SMILES string of the molecule is O=C(Cl)CN[C@@H](Cc1ccccc1)[C@H](Cc1ccccc1)NC(=O)OC1CCCC1. The van der Waals surface area contributed by atoms with Crippen LogP contribution >= 0.6 is 11.6 Å². The predicted octanol–water partition coefficient (Wildman–Crippen LogP) is 4.23.